The second-order valence-electron chi connectivity index (χ2n) is 5.47. The number of hydrogen-bond acceptors (Lipinski definition) is 5. The Morgan fingerprint density at radius 1 is 1.04 bits per heavy atom. The lowest BCUT2D eigenvalue weighted by Crippen LogP contribution is -2.34. The van der Waals surface area contributed by atoms with E-state index in [2.05, 4.69) is 10.6 Å². The number of aryl methyl sites for hydroxylation is 1. The first-order valence-electron chi connectivity index (χ1n) is 8.01. The van der Waals surface area contributed by atoms with Gasteiger partial charge in [-0.05, 0) is 25.1 Å². The van der Waals surface area contributed by atoms with Gasteiger partial charge < -0.3 is 29.4 Å². The largest absolute Gasteiger partial charge is 0.497 e. The van der Waals surface area contributed by atoms with E-state index in [0.717, 1.165) is 5.69 Å². The average molecular weight is 361 g/mol. The highest BCUT2D eigenvalue weighted by Crippen LogP contribution is 2.28. The lowest BCUT2D eigenvalue weighted by molar-refractivity contribution is 0.251. The Kier molecular flexibility index (Phi) is 6.48. The van der Waals surface area contributed by atoms with Crippen molar-refractivity contribution in [2.45, 2.75) is 13.5 Å². The van der Waals surface area contributed by atoms with Crippen LogP contribution in [0.4, 0.5) is 10.5 Å². The maximum absolute atomic E-state index is 12.1. The number of benzene rings is 1. The monoisotopic (exact) mass is 361 g/mol. The van der Waals surface area contributed by atoms with Gasteiger partial charge in [0.2, 0.25) is 0 Å². The SMILES string of the molecule is COc1ccc(NC(=O)NCCn2c(C)cc(OC)cc2=O)c(OC)c1. The summed E-state index contributed by atoms with van der Waals surface area (Å²) in [5.41, 5.74) is 1.10. The minimum atomic E-state index is -0.396. The summed E-state index contributed by atoms with van der Waals surface area (Å²) in [5, 5.41) is 5.42. The van der Waals surface area contributed by atoms with Gasteiger partial charge in [-0.2, -0.15) is 0 Å². The number of aromatic nitrogens is 1. The molecule has 0 saturated carbocycles. The zero-order valence-electron chi connectivity index (χ0n) is 15.3. The van der Waals surface area contributed by atoms with Gasteiger partial charge >= 0.3 is 6.03 Å². The van der Waals surface area contributed by atoms with E-state index in [9.17, 15) is 9.59 Å². The van der Waals surface area contributed by atoms with Crippen LogP contribution in [0.25, 0.3) is 0 Å². The summed E-state index contributed by atoms with van der Waals surface area (Å²) >= 11 is 0. The van der Waals surface area contributed by atoms with Gasteiger partial charge in [0, 0.05) is 30.9 Å². The molecule has 2 N–H and O–H groups in total. The summed E-state index contributed by atoms with van der Waals surface area (Å²) in [5.74, 6) is 1.63. The van der Waals surface area contributed by atoms with Crippen molar-refractivity contribution >= 4 is 11.7 Å². The number of anilines is 1. The Hall–Kier alpha value is -3.16. The molecule has 8 heteroatoms. The van der Waals surface area contributed by atoms with Crippen molar-refractivity contribution in [1.29, 1.82) is 0 Å². The molecular formula is C18H23N3O5. The zero-order valence-corrected chi connectivity index (χ0v) is 15.3. The van der Waals surface area contributed by atoms with E-state index in [0.29, 0.717) is 29.5 Å². The third kappa shape index (κ3) is 4.69. The lowest BCUT2D eigenvalue weighted by Gasteiger charge is -2.14. The summed E-state index contributed by atoms with van der Waals surface area (Å²) in [6.45, 7) is 2.45. The van der Waals surface area contributed by atoms with Gasteiger partial charge in [-0.15, -0.1) is 0 Å². The summed E-state index contributed by atoms with van der Waals surface area (Å²) in [6.07, 6.45) is 0. The summed E-state index contributed by atoms with van der Waals surface area (Å²) < 4.78 is 17.0. The van der Waals surface area contributed by atoms with E-state index >= 15 is 0 Å². The fourth-order valence-corrected chi connectivity index (χ4v) is 2.45. The second-order valence-corrected chi connectivity index (χ2v) is 5.47. The number of carbonyl (C=O) groups excluding carboxylic acids is 1. The van der Waals surface area contributed by atoms with Crippen molar-refractivity contribution in [3.63, 3.8) is 0 Å². The van der Waals surface area contributed by atoms with Gasteiger partial charge in [-0.1, -0.05) is 0 Å². The van der Waals surface area contributed by atoms with Crippen molar-refractivity contribution in [2.24, 2.45) is 0 Å². The molecule has 2 amide bonds. The first-order valence-corrected chi connectivity index (χ1v) is 8.01. The van der Waals surface area contributed by atoms with Gasteiger partial charge in [0.05, 0.1) is 27.0 Å². The van der Waals surface area contributed by atoms with Crippen LogP contribution in [0.2, 0.25) is 0 Å². The quantitative estimate of drug-likeness (QED) is 0.787. The summed E-state index contributed by atoms with van der Waals surface area (Å²) in [7, 11) is 4.58. The molecule has 0 atom stereocenters. The van der Waals surface area contributed by atoms with Crippen LogP contribution in [0.1, 0.15) is 5.69 Å². The standard InChI is InChI=1S/C18H23N3O5/c1-12-9-14(25-3)11-17(22)21(12)8-7-19-18(23)20-15-6-5-13(24-2)10-16(15)26-4/h5-6,9-11H,7-8H2,1-4H3,(H2,19,20,23). The Bertz CT molecular complexity index is 832. The molecule has 0 fully saturated rings. The minimum Gasteiger partial charge on any atom is -0.497 e. The number of rotatable bonds is 7. The third-order valence-electron chi connectivity index (χ3n) is 3.82. The van der Waals surface area contributed by atoms with E-state index in [1.54, 1.807) is 35.9 Å². The number of pyridine rings is 1. The molecule has 1 aromatic carbocycles. The van der Waals surface area contributed by atoms with Crippen molar-refractivity contribution in [3.8, 4) is 17.2 Å². The minimum absolute atomic E-state index is 0.180. The van der Waals surface area contributed by atoms with E-state index in [1.807, 2.05) is 6.92 Å². The molecular weight excluding hydrogens is 338 g/mol. The van der Waals surface area contributed by atoms with Gasteiger partial charge in [-0.3, -0.25) is 4.79 Å². The smallest absolute Gasteiger partial charge is 0.319 e. The van der Waals surface area contributed by atoms with Gasteiger partial charge in [0.1, 0.15) is 17.2 Å². The van der Waals surface area contributed by atoms with Crippen molar-refractivity contribution in [2.75, 3.05) is 33.2 Å². The molecule has 8 nitrogen and oxygen atoms in total. The number of ether oxygens (including phenoxy) is 3. The van der Waals surface area contributed by atoms with Crippen molar-refractivity contribution < 1.29 is 19.0 Å². The number of nitrogens with one attached hydrogen (secondary N) is 2. The Labute approximate surface area is 151 Å². The van der Waals surface area contributed by atoms with Gasteiger partial charge in [0.25, 0.3) is 5.56 Å². The molecule has 0 spiro atoms. The molecule has 0 unspecified atom stereocenters. The molecule has 0 aliphatic rings. The van der Waals surface area contributed by atoms with Crippen LogP contribution in [-0.4, -0.2) is 38.5 Å². The predicted octanol–water partition coefficient (Wildman–Crippen LogP) is 2.00. The normalized spacial score (nSPS) is 10.2. The number of urea groups is 1. The highest BCUT2D eigenvalue weighted by Gasteiger charge is 2.09. The number of methoxy groups -OCH3 is 3. The van der Waals surface area contributed by atoms with E-state index in [-0.39, 0.29) is 12.1 Å². The summed E-state index contributed by atoms with van der Waals surface area (Å²) in [4.78, 5) is 24.1. The average Bonchev–Trinajstić information content (AvgIpc) is 2.63. The topological polar surface area (TPSA) is 90.8 Å². The molecule has 0 saturated heterocycles. The first-order chi connectivity index (χ1) is 12.5. The van der Waals surface area contributed by atoms with Crippen LogP contribution in [0.3, 0.4) is 0 Å². The van der Waals surface area contributed by atoms with Crippen molar-refractivity contribution in [1.82, 2.24) is 9.88 Å². The molecule has 0 aliphatic heterocycles. The van der Waals surface area contributed by atoms with Crippen LogP contribution in [0, 0.1) is 6.92 Å². The summed E-state index contributed by atoms with van der Waals surface area (Å²) in [6, 6.07) is 7.87. The molecule has 2 aromatic rings. The maximum Gasteiger partial charge on any atom is 0.319 e. The molecule has 26 heavy (non-hydrogen) atoms. The van der Waals surface area contributed by atoms with Gasteiger partial charge in [0.15, 0.2) is 0 Å². The Morgan fingerprint density at radius 3 is 2.38 bits per heavy atom. The molecule has 1 aromatic heterocycles. The number of amides is 2. The highest BCUT2D eigenvalue weighted by molar-refractivity contribution is 5.91. The molecule has 0 aliphatic carbocycles. The van der Waals surface area contributed by atoms with E-state index in [1.165, 1.54) is 20.3 Å². The second kappa shape index (κ2) is 8.80. The van der Waals surface area contributed by atoms with Crippen LogP contribution in [0.5, 0.6) is 17.2 Å². The zero-order chi connectivity index (χ0) is 19.1. The number of nitrogens with zero attached hydrogens (tertiary/aromatic N) is 1. The Balaban J connectivity index is 1.95. The van der Waals surface area contributed by atoms with Crippen LogP contribution < -0.4 is 30.4 Å². The maximum atomic E-state index is 12.1. The molecule has 0 radical (unpaired) electrons. The van der Waals surface area contributed by atoms with E-state index < -0.39 is 6.03 Å². The van der Waals surface area contributed by atoms with Crippen LogP contribution in [-0.2, 0) is 6.54 Å². The highest BCUT2D eigenvalue weighted by atomic mass is 16.5. The van der Waals surface area contributed by atoms with E-state index in [4.69, 9.17) is 14.2 Å². The van der Waals surface area contributed by atoms with Crippen molar-refractivity contribution in [3.05, 3.63) is 46.4 Å². The van der Waals surface area contributed by atoms with Crippen LogP contribution >= 0.6 is 0 Å². The molecule has 0 bridgehead atoms. The predicted molar refractivity (Wildman–Crippen MR) is 98.6 cm³/mol. The molecule has 2 rings (SSSR count). The Morgan fingerprint density at radius 2 is 1.77 bits per heavy atom. The molecule has 140 valence electrons. The number of carbonyl (C=O) groups is 1. The lowest BCUT2D eigenvalue weighted by atomic mass is 10.2. The fourth-order valence-electron chi connectivity index (χ4n) is 2.45. The van der Waals surface area contributed by atoms with Gasteiger partial charge in [-0.25, -0.2) is 4.79 Å². The number of hydrogen-bond donors (Lipinski definition) is 2. The fraction of sp³-hybridized carbons (Fsp3) is 0.333. The third-order valence-corrected chi connectivity index (χ3v) is 3.82. The first kappa shape index (κ1) is 19.2. The molecule has 1 heterocycles. The van der Waals surface area contributed by atoms with Crippen LogP contribution in [0.15, 0.2) is 35.1 Å².